The van der Waals surface area contributed by atoms with E-state index < -0.39 is 17.2 Å². The van der Waals surface area contributed by atoms with Gasteiger partial charge in [0.15, 0.2) is 0 Å². The van der Waals surface area contributed by atoms with E-state index in [1.165, 1.54) is 19.3 Å². The third-order valence-electron chi connectivity index (χ3n) is 1.29. The molecule has 0 rings (SSSR count). The summed E-state index contributed by atoms with van der Waals surface area (Å²) in [4.78, 5) is 21.1. The molecular weight excluding hydrogens is 136 g/mol. The minimum Gasteiger partial charge on any atom is -0.369 e. The number of amides is 2. The Kier molecular flexibility index (Phi) is 2.36. The van der Waals surface area contributed by atoms with Crippen LogP contribution in [0.5, 0.6) is 0 Å². The minimum absolute atomic E-state index is 0.779. The highest BCUT2D eigenvalue weighted by Crippen LogP contribution is 2.12. The largest absolute Gasteiger partial charge is 0.369 e. The van der Waals surface area contributed by atoms with Gasteiger partial charge in [-0.3, -0.25) is 14.8 Å². The van der Waals surface area contributed by atoms with Gasteiger partial charge in [-0.2, -0.15) is 0 Å². The van der Waals surface area contributed by atoms with Gasteiger partial charge in [0.25, 0.3) is 5.91 Å². The van der Waals surface area contributed by atoms with Crippen LogP contribution in [0.2, 0.25) is 0 Å². The molecule has 0 fully saturated rings. The van der Waals surface area contributed by atoms with Crippen LogP contribution in [0.1, 0.15) is 13.8 Å². The Hall–Kier alpha value is -1.10. The highest BCUT2D eigenvalue weighted by Gasteiger charge is 2.33. The van der Waals surface area contributed by atoms with Crippen molar-refractivity contribution in [1.29, 1.82) is 0 Å². The number of nitrogens with one attached hydrogen (secondary N) is 1. The number of primary amides is 1. The maximum absolute atomic E-state index is 10.6. The summed E-state index contributed by atoms with van der Waals surface area (Å²) in [5, 5.41) is 8.11. The molecule has 5 heteroatoms. The zero-order valence-electron chi connectivity index (χ0n) is 5.84. The Morgan fingerprint density at radius 3 is 2.00 bits per heavy atom. The smallest absolute Gasteiger partial charge is 0.258 e. The van der Waals surface area contributed by atoms with Gasteiger partial charge in [0.2, 0.25) is 5.91 Å². The maximum Gasteiger partial charge on any atom is 0.258 e. The molecule has 10 heavy (non-hydrogen) atoms. The third kappa shape index (κ3) is 1.44. The standard InChI is InChI=1S/C5H10N2O3/c1-5(2,3(6)8)4(9)7-10/h10H,1-2H3,(H2,6,8)(H,7,9). The number of hydrogen-bond donors (Lipinski definition) is 3. The van der Waals surface area contributed by atoms with Crippen molar-refractivity contribution in [2.75, 3.05) is 0 Å². The Bertz CT molecular complexity index is 164. The summed E-state index contributed by atoms with van der Waals surface area (Å²) in [5.74, 6) is -1.58. The van der Waals surface area contributed by atoms with E-state index in [-0.39, 0.29) is 0 Å². The molecule has 0 saturated heterocycles. The molecule has 0 atom stereocenters. The van der Waals surface area contributed by atoms with Crippen molar-refractivity contribution in [3.63, 3.8) is 0 Å². The van der Waals surface area contributed by atoms with Crippen molar-refractivity contribution in [2.45, 2.75) is 13.8 Å². The van der Waals surface area contributed by atoms with Gasteiger partial charge in [-0.15, -0.1) is 0 Å². The monoisotopic (exact) mass is 146 g/mol. The molecule has 58 valence electrons. The van der Waals surface area contributed by atoms with Gasteiger partial charge in [0.1, 0.15) is 5.41 Å². The molecule has 4 N–H and O–H groups in total. The fraction of sp³-hybridized carbons (Fsp3) is 0.600. The zero-order chi connectivity index (χ0) is 8.36. The summed E-state index contributed by atoms with van der Waals surface area (Å²) in [6, 6.07) is 0. The van der Waals surface area contributed by atoms with Gasteiger partial charge in [0.05, 0.1) is 0 Å². The summed E-state index contributed by atoms with van der Waals surface area (Å²) in [6.45, 7) is 2.64. The molecule has 0 bridgehead atoms. The van der Waals surface area contributed by atoms with E-state index in [0.717, 1.165) is 0 Å². The van der Waals surface area contributed by atoms with Crippen molar-refractivity contribution >= 4 is 11.8 Å². The summed E-state index contributed by atoms with van der Waals surface area (Å²) in [7, 11) is 0. The quantitative estimate of drug-likeness (QED) is 0.265. The van der Waals surface area contributed by atoms with Crippen LogP contribution in [0.3, 0.4) is 0 Å². The molecule has 0 aromatic rings. The van der Waals surface area contributed by atoms with Crippen molar-refractivity contribution in [1.82, 2.24) is 5.48 Å². The third-order valence-corrected chi connectivity index (χ3v) is 1.29. The SMILES string of the molecule is CC(C)(C(N)=O)C(=O)NO. The minimum atomic E-state index is -1.35. The van der Waals surface area contributed by atoms with E-state index in [0.29, 0.717) is 0 Å². The molecule has 0 heterocycles. The fourth-order valence-electron chi connectivity index (χ4n) is 0.252. The lowest BCUT2D eigenvalue weighted by Gasteiger charge is -2.16. The second kappa shape index (κ2) is 2.66. The molecule has 0 radical (unpaired) electrons. The predicted octanol–water partition coefficient (Wildman–Crippen LogP) is -0.997. The van der Waals surface area contributed by atoms with Crippen LogP contribution in [-0.2, 0) is 9.59 Å². The van der Waals surface area contributed by atoms with Gasteiger partial charge in [-0.1, -0.05) is 0 Å². The van der Waals surface area contributed by atoms with E-state index in [1.807, 2.05) is 0 Å². The maximum atomic E-state index is 10.6. The Morgan fingerprint density at radius 2 is 1.90 bits per heavy atom. The fourth-order valence-corrected chi connectivity index (χ4v) is 0.252. The number of hydroxylamine groups is 1. The molecule has 0 aromatic carbocycles. The summed E-state index contributed by atoms with van der Waals surface area (Å²) < 4.78 is 0. The highest BCUT2D eigenvalue weighted by molar-refractivity contribution is 6.02. The first-order chi connectivity index (χ1) is 4.42. The molecule has 5 nitrogen and oxygen atoms in total. The topological polar surface area (TPSA) is 92.4 Å². The Balaban J connectivity index is 4.40. The van der Waals surface area contributed by atoms with Crippen LogP contribution < -0.4 is 11.2 Å². The normalized spacial score (nSPS) is 10.7. The van der Waals surface area contributed by atoms with Crippen LogP contribution in [0.4, 0.5) is 0 Å². The summed E-state index contributed by atoms with van der Waals surface area (Å²) >= 11 is 0. The lowest BCUT2D eigenvalue weighted by Crippen LogP contribution is -2.44. The van der Waals surface area contributed by atoms with E-state index in [1.54, 1.807) is 0 Å². The lowest BCUT2D eigenvalue weighted by molar-refractivity contribution is -0.145. The lowest BCUT2D eigenvalue weighted by atomic mass is 9.92. The second-order valence-electron chi connectivity index (χ2n) is 2.43. The highest BCUT2D eigenvalue weighted by atomic mass is 16.5. The number of rotatable bonds is 2. The van der Waals surface area contributed by atoms with Crippen LogP contribution in [0.25, 0.3) is 0 Å². The van der Waals surface area contributed by atoms with E-state index >= 15 is 0 Å². The van der Waals surface area contributed by atoms with Gasteiger partial charge in [-0.05, 0) is 13.8 Å². The first kappa shape index (κ1) is 8.90. The Labute approximate surface area is 58.2 Å². The summed E-state index contributed by atoms with van der Waals surface area (Å²) in [6.07, 6.45) is 0. The van der Waals surface area contributed by atoms with Gasteiger partial charge in [0, 0.05) is 0 Å². The predicted molar refractivity (Wildman–Crippen MR) is 32.9 cm³/mol. The van der Waals surface area contributed by atoms with E-state index in [2.05, 4.69) is 0 Å². The van der Waals surface area contributed by atoms with Crippen molar-refractivity contribution in [3.05, 3.63) is 0 Å². The van der Waals surface area contributed by atoms with E-state index in [9.17, 15) is 9.59 Å². The average molecular weight is 146 g/mol. The molecule has 0 unspecified atom stereocenters. The van der Waals surface area contributed by atoms with Gasteiger partial charge >= 0.3 is 0 Å². The first-order valence-electron chi connectivity index (χ1n) is 2.67. The van der Waals surface area contributed by atoms with Crippen molar-refractivity contribution in [2.24, 2.45) is 11.1 Å². The molecule has 0 aliphatic heterocycles. The van der Waals surface area contributed by atoms with Crippen molar-refractivity contribution in [3.8, 4) is 0 Å². The number of nitrogens with two attached hydrogens (primary N) is 1. The second-order valence-corrected chi connectivity index (χ2v) is 2.43. The molecule has 0 aliphatic rings. The average Bonchev–Trinajstić information content (AvgIpc) is 1.86. The number of hydrogen-bond acceptors (Lipinski definition) is 3. The number of carbonyl (C=O) groups is 2. The molecule has 0 spiro atoms. The van der Waals surface area contributed by atoms with Crippen molar-refractivity contribution < 1.29 is 14.8 Å². The van der Waals surface area contributed by atoms with Gasteiger partial charge in [-0.25, -0.2) is 5.48 Å². The van der Waals surface area contributed by atoms with Crippen LogP contribution in [0, 0.1) is 5.41 Å². The molecular formula is C5H10N2O3. The van der Waals surface area contributed by atoms with Crippen LogP contribution >= 0.6 is 0 Å². The van der Waals surface area contributed by atoms with Crippen LogP contribution in [-0.4, -0.2) is 17.0 Å². The molecule has 0 aliphatic carbocycles. The molecule has 0 saturated carbocycles. The number of carbonyl (C=O) groups excluding carboxylic acids is 2. The first-order valence-corrected chi connectivity index (χ1v) is 2.67. The zero-order valence-corrected chi connectivity index (χ0v) is 5.84. The summed E-state index contributed by atoms with van der Waals surface area (Å²) in [5.41, 5.74) is 4.83. The Morgan fingerprint density at radius 1 is 1.50 bits per heavy atom. The van der Waals surface area contributed by atoms with Gasteiger partial charge < -0.3 is 5.73 Å². The van der Waals surface area contributed by atoms with Crippen LogP contribution in [0.15, 0.2) is 0 Å². The molecule has 0 aromatic heterocycles. The molecule has 2 amide bonds. The van der Waals surface area contributed by atoms with E-state index in [4.69, 9.17) is 10.9 Å².